The van der Waals surface area contributed by atoms with Crippen molar-refractivity contribution in [3.63, 3.8) is 0 Å². The molecule has 18 heavy (non-hydrogen) atoms. The van der Waals surface area contributed by atoms with Crippen molar-refractivity contribution in [1.29, 1.82) is 0 Å². The van der Waals surface area contributed by atoms with E-state index < -0.39 is 0 Å². The van der Waals surface area contributed by atoms with E-state index in [0.717, 1.165) is 18.7 Å². The maximum atomic E-state index is 12.0. The van der Waals surface area contributed by atoms with Gasteiger partial charge in [-0.25, -0.2) is 0 Å². The third-order valence-electron chi connectivity index (χ3n) is 3.20. The van der Waals surface area contributed by atoms with Crippen molar-refractivity contribution in [1.82, 2.24) is 9.88 Å². The van der Waals surface area contributed by atoms with E-state index in [2.05, 4.69) is 4.98 Å². The summed E-state index contributed by atoms with van der Waals surface area (Å²) in [5, 5.41) is 0. The van der Waals surface area contributed by atoms with Gasteiger partial charge in [-0.2, -0.15) is 0 Å². The molecule has 0 spiro atoms. The average Bonchev–Trinajstić information content (AvgIpc) is 2.88. The summed E-state index contributed by atoms with van der Waals surface area (Å²) in [6.07, 6.45) is 3.06. The van der Waals surface area contributed by atoms with Crippen LogP contribution in [0.25, 0.3) is 0 Å². The fourth-order valence-corrected chi connectivity index (χ4v) is 2.05. The molecule has 98 valence electrons. The lowest BCUT2D eigenvalue weighted by Crippen LogP contribution is -2.31. The standard InChI is InChI=1S/C13H18N2O3/c1-17-11-4-3-10(14-8-11)7-13(16)15-6-5-12(9-15)18-2/h3-4,8,12H,5-7,9H2,1-2H3/t12-/m1/s1. The number of pyridine rings is 1. The van der Waals surface area contributed by atoms with E-state index in [1.165, 1.54) is 0 Å². The molecule has 0 unspecified atom stereocenters. The molecule has 0 aliphatic carbocycles. The first kappa shape index (κ1) is 12.8. The number of aromatic nitrogens is 1. The number of ether oxygens (including phenoxy) is 2. The summed E-state index contributed by atoms with van der Waals surface area (Å²) in [7, 11) is 3.28. The van der Waals surface area contributed by atoms with E-state index in [-0.39, 0.29) is 12.0 Å². The second-order valence-corrected chi connectivity index (χ2v) is 4.35. The Bertz CT molecular complexity index is 405. The molecule has 0 N–H and O–H groups in total. The van der Waals surface area contributed by atoms with E-state index in [1.54, 1.807) is 20.4 Å². The van der Waals surface area contributed by atoms with Gasteiger partial charge in [-0.05, 0) is 18.6 Å². The number of methoxy groups -OCH3 is 2. The van der Waals surface area contributed by atoms with Crippen molar-refractivity contribution in [2.75, 3.05) is 27.3 Å². The topological polar surface area (TPSA) is 51.7 Å². The highest BCUT2D eigenvalue weighted by Gasteiger charge is 2.25. The van der Waals surface area contributed by atoms with Crippen molar-refractivity contribution in [2.24, 2.45) is 0 Å². The summed E-state index contributed by atoms with van der Waals surface area (Å²) in [6.45, 7) is 1.46. The molecule has 5 heteroatoms. The smallest absolute Gasteiger partial charge is 0.228 e. The zero-order valence-electron chi connectivity index (χ0n) is 10.8. The Kier molecular flexibility index (Phi) is 4.15. The quantitative estimate of drug-likeness (QED) is 0.796. The number of nitrogens with zero attached hydrogens (tertiary/aromatic N) is 2. The van der Waals surface area contributed by atoms with E-state index in [4.69, 9.17) is 9.47 Å². The second kappa shape index (κ2) is 5.82. The highest BCUT2D eigenvalue weighted by Crippen LogP contribution is 2.14. The zero-order chi connectivity index (χ0) is 13.0. The van der Waals surface area contributed by atoms with Crippen LogP contribution in [0.15, 0.2) is 18.3 Å². The number of likely N-dealkylation sites (tertiary alicyclic amines) is 1. The molecule has 2 rings (SSSR count). The molecule has 1 aliphatic heterocycles. The van der Waals surface area contributed by atoms with E-state index >= 15 is 0 Å². The fraction of sp³-hybridized carbons (Fsp3) is 0.538. The lowest BCUT2D eigenvalue weighted by molar-refractivity contribution is -0.129. The molecular formula is C13H18N2O3. The lowest BCUT2D eigenvalue weighted by atomic mass is 10.2. The van der Waals surface area contributed by atoms with Crippen molar-refractivity contribution in [3.8, 4) is 5.75 Å². The van der Waals surface area contributed by atoms with Crippen LogP contribution in [0.3, 0.4) is 0 Å². The summed E-state index contributed by atoms with van der Waals surface area (Å²) in [4.78, 5) is 18.1. The SMILES string of the molecule is COc1ccc(CC(=O)N2CC[C@@H](OC)C2)nc1. The molecule has 1 amide bonds. The van der Waals surface area contributed by atoms with Crippen LogP contribution in [-0.2, 0) is 16.0 Å². The highest BCUT2D eigenvalue weighted by atomic mass is 16.5. The van der Waals surface area contributed by atoms with E-state index in [1.807, 2.05) is 17.0 Å². The van der Waals surface area contributed by atoms with Crippen LogP contribution in [0.4, 0.5) is 0 Å². The number of hydrogen-bond donors (Lipinski definition) is 0. The molecule has 0 aromatic carbocycles. The molecule has 1 saturated heterocycles. The van der Waals surface area contributed by atoms with Gasteiger partial charge in [0, 0.05) is 25.9 Å². The van der Waals surface area contributed by atoms with Crippen molar-refractivity contribution in [3.05, 3.63) is 24.0 Å². The van der Waals surface area contributed by atoms with Gasteiger partial charge in [0.2, 0.25) is 5.91 Å². The van der Waals surface area contributed by atoms with Crippen molar-refractivity contribution in [2.45, 2.75) is 18.9 Å². The number of hydrogen-bond acceptors (Lipinski definition) is 4. The van der Waals surface area contributed by atoms with Gasteiger partial charge in [0.15, 0.2) is 0 Å². The van der Waals surface area contributed by atoms with Gasteiger partial charge >= 0.3 is 0 Å². The molecule has 1 atom stereocenters. The van der Waals surface area contributed by atoms with Gasteiger partial charge in [0.1, 0.15) is 5.75 Å². The van der Waals surface area contributed by atoms with Gasteiger partial charge in [-0.3, -0.25) is 9.78 Å². The normalized spacial score (nSPS) is 19.0. The van der Waals surface area contributed by atoms with Crippen LogP contribution in [-0.4, -0.2) is 49.2 Å². The molecule has 0 bridgehead atoms. The molecule has 5 nitrogen and oxygen atoms in total. The predicted octanol–water partition coefficient (Wildman–Crippen LogP) is 0.880. The third-order valence-corrected chi connectivity index (χ3v) is 3.20. The summed E-state index contributed by atoms with van der Waals surface area (Å²) >= 11 is 0. The summed E-state index contributed by atoms with van der Waals surface area (Å²) in [6, 6.07) is 3.64. The first-order valence-corrected chi connectivity index (χ1v) is 6.02. The minimum Gasteiger partial charge on any atom is -0.495 e. The number of carbonyl (C=O) groups excluding carboxylic acids is 1. The molecule has 0 saturated carbocycles. The molecule has 2 heterocycles. The predicted molar refractivity (Wildman–Crippen MR) is 66.5 cm³/mol. The largest absolute Gasteiger partial charge is 0.495 e. The van der Waals surface area contributed by atoms with Crippen LogP contribution < -0.4 is 4.74 Å². The first-order valence-electron chi connectivity index (χ1n) is 6.02. The number of rotatable bonds is 4. The number of amides is 1. The molecule has 1 aromatic rings. The Labute approximate surface area is 107 Å². The Hall–Kier alpha value is -1.62. The van der Waals surface area contributed by atoms with Gasteiger partial charge in [-0.15, -0.1) is 0 Å². The average molecular weight is 250 g/mol. The van der Waals surface area contributed by atoms with Gasteiger partial charge in [0.05, 0.1) is 25.8 Å². The summed E-state index contributed by atoms with van der Waals surface area (Å²) < 4.78 is 10.3. The van der Waals surface area contributed by atoms with E-state index in [9.17, 15) is 4.79 Å². The highest BCUT2D eigenvalue weighted by molar-refractivity contribution is 5.78. The molecule has 1 aliphatic rings. The van der Waals surface area contributed by atoms with Gasteiger partial charge in [-0.1, -0.05) is 0 Å². The monoisotopic (exact) mass is 250 g/mol. The maximum Gasteiger partial charge on any atom is 0.228 e. The first-order chi connectivity index (χ1) is 8.72. The Balaban J connectivity index is 1.90. The third kappa shape index (κ3) is 2.98. The van der Waals surface area contributed by atoms with Crippen LogP contribution >= 0.6 is 0 Å². The molecular weight excluding hydrogens is 232 g/mol. The minimum absolute atomic E-state index is 0.104. The lowest BCUT2D eigenvalue weighted by Gasteiger charge is -2.15. The van der Waals surface area contributed by atoms with Crippen LogP contribution in [0.5, 0.6) is 5.75 Å². The number of carbonyl (C=O) groups is 1. The Morgan fingerprint density at radius 3 is 2.89 bits per heavy atom. The van der Waals surface area contributed by atoms with E-state index in [0.29, 0.717) is 18.7 Å². The summed E-state index contributed by atoms with van der Waals surface area (Å²) in [5.41, 5.74) is 0.765. The van der Waals surface area contributed by atoms with Crippen molar-refractivity contribution >= 4 is 5.91 Å². The van der Waals surface area contributed by atoms with Crippen LogP contribution in [0, 0.1) is 0 Å². The van der Waals surface area contributed by atoms with Crippen LogP contribution in [0.1, 0.15) is 12.1 Å². The Morgan fingerprint density at radius 2 is 2.33 bits per heavy atom. The fourth-order valence-electron chi connectivity index (χ4n) is 2.05. The zero-order valence-corrected chi connectivity index (χ0v) is 10.8. The van der Waals surface area contributed by atoms with Crippen LogP contribution in [0.2, 0.25) is 0 Å². The minimum atomic E-state index is 0.104. The maximum absolute atomic E-state index is 12.0. The van der Waals surface area contributed by atoms with Gasteiger partial charge in [0.25, 0.3) is 0 Å². The molecule has 0 radical (unpaired) electrons. The molecule has 1 fully saturated rings. The van der Waals surface area contributed by atoms with Crippen molar-refractivity contribution < 1.29 is 14.3 Å². The second-order valence-electron chi connectivity index (χ2n) is 4.35. The molecule has 1 aromatic heterocycles. The Morgan fingerprint density at radius 1 is 1.50 bits per heavy atom. The van der Waals surface area contributed by atoms with Gasteiger partial charge < -0.3 is 14.4 Å². The summed E-state index contributed by atoms with van der Waals surface area (Å²) in [5.74, 6) is 0.805.